The summed E-state index contributed by atoms with van der Waals surface area (Å²) in [7, 11) is 2.45. The lowest BCUT2D eigenvalue weighted by Crippen LogP contribution is -2.21. The third-order valence-electron chi connectivity index (χ3n) is 3.95. The second-order valence-corrected chi connectivity index (χ2v) is 6.35. The van der Waals surface area contributed by atoms with Crippen molar-refractivity contribution in [1.29, 1.82) is 0 Å². The van der Waals surface area contributed by atoms with Gasteiger partial charge in [-0.15, -0.1) is 0 Å². The molecule has 0 spiro atoms. The van der Waals surface area contributed by atoms with Gasteiger partial charge in [0.1, 0.15) is 5.75 Å². The van der Waals surface area contributed by atoms with E-state index in [2.05, 4.69) is 28.6 Å². The predicted molar refractivity (Wildman–Crippen MR) is 104 cm³/mol. The van der Waals surface area contributed by atoms with Gasteiger partial charge in [-0.1, -0.05) is 26.0 Å². The van der Waals surface area contributed by atoms with Crippen molar-refractivity contribution in [1.82, 2.24) is 0 Å². The Labute approximate surface area is 163 Å². The Hall–Kier alpha value is -3.35. The highest BCUT2D eigenvalue weighted by atomic mass is 16.5. The zero-order valence-corrected chi connectivity index (χ0v) is 16.3. The number of hydrogen-bond donors (Lipinski definition) is 1. The summed E-state index contributed by atoms with van der Waals surface area (Å²) in [5.41, 5.74) is 1.59. The molecule has 2 aromatic rings. The average molecular weight is 385 g/mol. The summed E-state index contributed by atoms with van der Waals surface area (Å²) >= 11 is 0. The SMILES string of the molecule is COC(=O)c1cc(NC(=O)COc2cccc(C(C)C)c2)cc(C(=O)OC)c1. The molecular formula is C21H23NO6. The van der Waals surface area contributed by atoms with Crippen LogP contribution in [0.5, 0.6) is 5.75 Å². The van der Waals surface area contributed by atoms with Gasteiger partial charge < -0.3 is 19.5 Å². The number of nitrogens with one attached hydrogen (secondary N) is 1. The van der Waals surface area contributed by atoms with E-state index in [-0.39, 0.29) is 23.4 Å². The number of amides is 1. The van der Waals surface area contributed by atoms with Crippen molar-refractivity contribution in [3.05, 3.63) is 59.2 Å². The number of benzene rings is 2. The van der Waals surface area contributed by atoms with E-state index in [9.17, 15) is 14.4 Å². The first-order chi connectivity index (χ1) is 13.3. The molecule has 0 aromatic heterocycles. The molecule has 0 saturated heterocycles. The Morgan fingerprint density at radius 3 is 2.07 bits per heavy atom. The molecule has 0 bridgehead atoms. The Morgan fingerprint density at radius 2 is 1.54 bits per heavy atom. The summed E-state index contributed by atoms with van der Waals surface area (Å²) in [6, 6.07) is 11.7. The Morgan fingerprint density at radius 1 is 0.929 bits per heavy atom. The number of ether oxygens (including phenoxy) is 3. The van der Waals surface area contributed by atoms with Gasteiger partial charge in [-0.25, -0.2) is 9.59 Å². The maximum atomic E-state index is 12.2. The van der Waals surface area contributed by atoms with Crippen molar-refractivity contribution in [2.75, 3.05) is 26.1 Å². The lowest BCUT2D eigenvalue weighted by atomic mass is 10.0. The molecule has 2 aromatic carbocycles. The van der Waals surface area contributed by atoms with Crippen molar-refractivity contribution in [2.45, 2.75) is 19.8 Å². The van der Waals surface area contributed by atoms with Crippen LogP contribution in [0.4, 0.5) is 5.69 Å². The quantitative estimate of drug-likeness (QED) is 0.735. The fourth-order valence-corrected chi connectivity index (χ4v) is 2.48. The fraction of sp³-hybridized carbons (Fsp3) is 0.286. The lowest BCUT2D eigenvalue weighted by molar-refractivity contribution is -0.118. The first-order valence-corrected chi connectivity index (χ1v) is 8.68. The van der Waals surface area contributed by atoms with E-state index in [1.165, 1.54) is 32.4 Å². The third kappa shape index (κ3) is 5.57. The van der Waals surface area contributed by atoms with Crippen LogP contribution in [0.15, 0.2) is 42.5 Å². The lowest BCUT2D eigenvalue weighted by Gasteiger charge is -2.11. The van der Waals surface area contributed by atoms with E-state index in [1.54, 1.807) is 6.07 Å². The number of methoxy groups -OCH3 is 2. The molecule has 0 radical (unpaired) electrons. The van der Waals surface area contributed by atoms with E-state index >= 15 is 0 Å². The van der Waals surface area contributed by atoms with Gasteiger partial charge in [0.25, 0.3) is 5.91 Å². The minimum atomic E-state index is -0.636. The first-order valence-electron chi connectivity index (χ1n) is 8.68. The van der Waals surface area contributed by atoms with Crippen LogP contribution in [-0.2, 0) is 14.3 Å². The number of esters is 2. The molecule has 7 heteroatoms. The highest BCUT2D eigenvalue weighted by Gasteiger charge is 2.15. The fourth-order valence-electron chi connectivity index (χ4n) is 2.48. The van der Waals surface area contributed by atoms with Gasteiger partial charge in [0, 0.05) is 5.69 Å². The highest BCUT2D eigenvalue weighted by Crippen LogP contribution is 2.20. The zero-order valence-electron chi connectivity index (χ0n) is 16.3. The molecule has 2 rings (SSSR count). The molecule has 0 aliphatic carbocycles. The molecule has 0 atom stereocenters. The molecule has 1 N–H and O–H groups in total. The maximum Gasteiger partial charge on any atom is 0.337 e. The molecule has 0 aliphatic heterocycles. The van der Waals surface area contributed by atoms with Crippen LogP contribution in [-0.4, -0.2) is 38.7 Å². The van der Waals surface area contributed by atoms with Crippen LogP contribution in [0.1, 0.15) is 46.0 Å². The minimum Gasteiger partial charge on any atom is -0.484 e. The largest absolute Gasteiger partial charge is 0.484 e. The predicted octanol–water partition coefficient (Wildman–Crippen LogP) is 3.40. The van der Waals surface area contributed by atoms with Crippen LogP contribution >= 0.6 is 0 Å². The van der Waals surface area contributed by atoms with Gasteiger partial charge >= 0.3 is 11.9 Å². The number of hydrogen-bond acceptors (Lipinski definition) is 6. The number of carbonyl (C=O) groups is 3. The highest BCUT2D eigenvalue weighted by molar-refractivity contribution is 5.99. The minimum absolute atomic E-state index is 0.117. The average Bonchev–Trinajstić information content (AvgIpc) is 2.70. The maximum absolute atomic E-state index is 12.2. The number of rotatable bonds is 7. The van der Waals surface area contributed by atoms with Crippen molar-refractivity contribution < 1.29 is 28.6 Å². The first kappa shape index (κ1) is 21.0. The van der Waals surface area contributed by atoms with Crippen LogP contribution in [0.2, 0.25) is 0 Å². The monoisotopic (exact) mass is 385 g/mol. The van der Waals surface area contributed by atoms with Crippen molar-refractivity contribution in [3.63, 3.8) is 0 Å². The summed E-state index contributed by atoms with van der Waals surface area (Å²) in [6.45, 7) is 3.91. The van der Waals surface area contributed by atoms with Gasteiger partial charge in [0.05, 0.1) is 25.3 Å². The van der Waals surface area contributed by atoms with E-state index < -0.39 is 17.8 Å². The van der Waals surface area contributed by atoms with Gasteiger partial charge in [0.2, 0.25) is 0 Å². The molecule has 0 saturated carbocycles. The molecular weight excluding hydrogens is 362 g/mol. The van der Waals surface area contributed by atoms with E-state index in [4.69, 9.17) is 4.74 Å². The van der Waals surface area contributed by atoms with E-state index in [1.807, 2.05) is 18.2 Å². The smallest absolute Gasteiger partial charge is 0.337 e. The normalized spacial score (nSPS) is 10.3. The van der Waals surface area contributed by atoms with Gasteiger partial charge in [-0.05, 0) is 41.8 Å². The Kier molecular flexibility index (Phi) is 7.14. The molecule has 28 heavy (non-hydrogen) atoms. The second kappa shape index (κ2) is 9.55. The molecule has 1 amide bonds. The van der Waals surface area contributed by atoms with Gasteiger partial charge in [-0.2, -0.15) is 0 Å². The van der Waals surface area contributed by atoms with Crippen LogP contribution < -0.4 is 10.1 Å². The van der Waals surface area contributed by atoms with Crippen molar-refractivity contribution >= 4 is 23.5 Å². The number of carbonyl (C=O) groups excluding carboxylic acids is 3. The summed E-state index contributed by atoms with van der Waals surface area (Å²) < 4.78 is 14.9. The number of anilines is 1. The van der Waals surface area contributed by atoms with Crippen molar-refractivity contribution in [2.24, 2.45) is 0 Å². The molecule has 0 aliphatic rings. The molecule has 0 fully saturated rings. The summed E-state index contributed by atoms with van der Waals surface area (Å²) in [4.78, 5) is 35.8. The van der Waals surface area contributed by atoms with E-state index in [0.717, 1.165) is 5.56 Å². The molecule has 0 heterocycles. The summed E-state index contributed by atoms with van der Waals surface area (Å²) in [5, 5.41) is 2.61. The third-order valence-corrected chi connectivity index (χ3v) is 3.95. The van der Waals surface area contributed by atoms with Crippen LogP contribution in [0.3, 0.4) is 0 Å². The van der Waals surface area contributed by atoms with Gasteiger partial charge in [0.15, 0.2) is 6.61 Å². The van der Waals surface area contributed by atoms with Gasteiger partial charge in [-0.3, -0.25) is 4.79 Å². The summed E-state index contributed by atoms with van der Waals surface area (Å²) in [6.07, 6.45) is 0. The topological polar surface area (TPSA) is 90.9 Å². The molecule has 0 unspecified atom stereocenters. The second-order valence-electron chi connectivity index (χ2n) is 6.35. The van der Waals surface area contributed by atoms with E-state index in [0.29, 0.717) is 11.7 Å². The summed E-state index contributed by atoms with van der Waals surface area (Å²) in [5.74, 6) is -0.783. The standard InChI is InChI=1S/C21H23NO6/c1-13(2)14-6-5-7-18(11-14)28-12-19(23)22-17-9-15(20(24)26-3)8-16(10-17)21(25)27-4/h5-11,13H,12H2,1-4H3,(H,22,23). The Balaban J connectivity index is 2.11. The Bertz CT molecular complexity index is 841. The van der Waals surface area contributed by atoms with Crippen LogP contribution in [0.25, 0.3) is 0 Å². The van der Waals surface area contributed by atoms with Crippen molar-refractivity contribution in [3.8, 4) is 5.75 Å². The molecule has 148 valence electrons. The zero-order chi connectivity index (χ0) is 20.7. The molecule has 7 nitrogen and oxygen atoms in total. The van der Waals surface area contributed by atoms with Crippen LogP contribution in [0, 0.1) is 0 Å².